The number of hydrogen-bond donors (Lipinski definition) is 1. The van der Waals surface area contributed by atoms with Gasteiger partial charge in [-0.05, 0) is 51.1 Å². The highest BCUT2D eigenvalue weighted by Gasteiger charge is 2.51. The van der Waals surface area contributed by atoms with Gasteiger partial charge in [-0.1, -0.05) is 6.07 Å². The summed E-state index contributed by atoms with van der Waals surface area (Å²) in [5.41, 5.74) is 1.20. The highest BCUT2D eigenvalue weighted by molar-refractivity contribution is 7.98. The molecule has 1 aliphatic carbocycles. The SMILES string of the molecule is CSc1ccc2c(c1)C(=O)N[C@H]1C[C@H](C(=O)OC(C)(C)C)[C@@H]21. The van der Waals surface area contributed by atoms with E-state index in [1.807, 2.05) is 45.2 Å². The molecule has 1 N–H and O–H groups in total. The molecule has 0 unspecified atom stereocenters. The second-order valence-electron chi connectivity index (χ2n) is 6.93. The Morgan fingerprint density at radius 2 is 2.09 bits per heavy atom. The third-order valence-electron chi connectivity index (χ3n) is 4.27. The van der Waals surface area contributed by atoms with Crippen LogP contribution >= 0.6 is 11.8 Å². The van der Waals surface area contributed by atoms with Gasteiger partial charge in [0.05, 0.1) is 5.92 Å². The molecule has 1 heterocycles. The minimum absolute atomic E-state index is 0.0326. The Morgan fingerprint density at radius 3 is 2.73 bits per heavy atom. The van der Waals surface area contributed by atoms with Crippen LogP contribution in [0.1, 0.15) is 49.0 Å². The van der Waals surface area contributed by atoms with Crippen molar-refractivity contribution in [3.8, 4) is 0 Å². The maximum Gasteiger partial charge on any atom is 0.310 e. The lowest BCUT2D eigenvalue weighted by molar-refractivity contribution is -0.165. The molecule has 3 rings (SSSR count). The van der Waals surface area contributed by atoms with E-state index in [-0.39, 0.29) is 29.8 Å². The number of esters is 1. The number of benzene rings is 1. The van der Waals surface area contributed by atoms with Crippen LogP contribution in [-0.2, 0) is 9.53 Å². The highest BCUT2D eigenvalue weighted by atomic mass is 32.2. The summed E-state index contributed by atoms with van der Waals surface area (Å²) in [6.45, 7) is 5.63. The number of carbonyl (C=O) groups is 2. The molecule has 22 heavy (non-hydrogen) atoms. The first-order valence-corrected chi connectivity index (χ1v) is 8.74. The Morgan fingerprint density at radius 1 is 1.36 bits per heavy atom. The summed E-state index contributed by atoms with van der Waals surface area (Å²) in [6, 6.07) is 5.98. The van der Waals surface area contributed by atoms with Crippen LogP contribution in [-0.4, -0.2) is 29.8 Å². The van der Waals surface area contributed by atoms with Crippen LogP contribution in [0.25, 0.3) is 0 Å². The number of thioether (sulfide) groups is 1. The molecule has 1 saturated carbocycles. The Balaban J connectivity index is 1.89. The van der Waals surface area contributed by atoms with Crippen LogP contribution in [0.15, 0.2) is 23.1 Å². The van der Waals surface area contributed by atoms with Gasteiger partial charge in [-0.3, -0.25) is 9.59 Å². The average molecular weight is 319 g/mol. The molecule has 4 nitrogen and oxygen atoms in total. The van der Waals surface area contributed by atoms with E-state index < -0.39 is 5.60 Å². The standard InChI is InChI=1S/C17H21NO3S/c1-17(2,3)21-16(20)12-8-13-14(12)10-6-5-9(22-4)7-11(10)15(19)18-13/h5-7,12-14H,8H2,1-4H3,(H,18,19)/t12-,13-,14+/m0/s1. The quantitative estimate of drug-likeness (QED) is 0.672. The van der Waals surface area contributed by atoms with Crippen molar-refractivity contribution in [2.45, 2.75) is 49.6 Å². The highest BCUT2D eigenvalue weighted by Crippen LogP contribution is 2.47. The van der Waals surface area contributed by atoms with E-state index >= 15 is 0 Å². The molecule has 1 aromatic carbocycles. The number of hydrogen-bond acceptors (Lipinski definition) is 4. The van der Waals surface area contributed by atoms with Gasteiger partial charge in [-0.25, -0.2) is 0 Å². The van der Waals surface area contributed by atoms with Gasteiger partial charge in [0.25, 0.3) is 5.91 Å². The van der Waals surface area contributed by atoms with Crippen LogP contribution in [0.4, 0.5) is 0 Å². The maximum absolute atomic E-state index is 12.4. The fourth-order valence-electron chi connectivity index (χ4n) is 3.25. The molecule has 1 fully saturated rings. The van der Waals surface area contributed by atoms with Crippen molar-refractivity contribution in [3.05, 3.63) is 29.3 Å². The third-order valence-corrected chi connectivity index (χ3v) is 4.99. The number of fused-ring (bicyclic) bond motifs is 3. The van der Waals surface area contributed by atoms with Crippen molar-refractivity contribution in [2.24, 2.45) is 5.92 Å². The maximum atomic E-state index is 12.4. The molecule has 1 amide bonds. The fourth-order valence-corrected chi connectivity index (χ4v) is 3.69. The van der Waals surface area contributed by atoms with Gasteiger partial charge in [-0.15, -0.1) is 11.8 Å². The summed E-state index contributed by atoms with van der Waals surface area (Å²) in [6.07, 6.45) is 2.65. The monoisotopic (exact) mass is 319 g/mol. The van der Waals surface area contributed by atoms with Gasteiger partial charge < -0.3 is 10.1 Å². The van der Waals surface area contributed by atoms with Crippen molar-refractivity contribution in [3.63, 3.8) is 0 Å². The van der Waals surface area contributed by atoms with Crippen molar-refractivity contribution in [1.29, 1.82) is 0 Å². The van der Waals surface area contributed by atoms with Crippen molar-refractivity contribution in [1.82, 2.24) is 5.32 Å². The van der Waals surface area contributed by atoms with Gasteiger partial charge in [0.1, 0.15) is 5.60 Å². The Labute approximate surface area is 135 Å². The molecule has 0 saturated heterocycles. The van der Waals surface area contributed by atoms with Crippen LogP contribution in [0.3, 0.4) is 0 Å². The summed E-state index contributed by atoms with van der Waals surface area (Å²) in [7, 11) is 0. The average Bonchev–Trinajstić information content (AvgIpc) is 2.39. The second kappa shape index (κ2) is 5.30. The Bertz CT molecular complexity index is 635. The predicted molar refractivity (Wildman–Crippen MR) is 86.2 cm³/mol. The summed E-state index contributed by atoms with van der Waals surface area (Å²) in [4.78, 5) is 25.6. The van der Waals surface area contributed by atoms with Gasteiger partial charge in [0.2, 0.25) is 0 Å². The first-order valence-electron chi connectivity index (χ1n) is 7.52. The molecular weight excluding hydrogens is 298 g/mol. The van der Waals surface area contributed by atoms with Gasteiger partial charge in [0, 0.05) is 22.4 Å². The van der Waals surface area contributed by atoms with Gasteiger partial charge in [-0.2, -0.15) is 0 Å². The normalized spacial score (nSPS) is 26.4. The zero-order chi connectivity index (χ0) is 16.1. The molecule has 0 bridgehead atoms. The molecule has 2 aliphatic rings. The molecule has 0 aromatic heterocycles. The van der Waals surface area contributed by atoms with E-state index in [1.165, 1.54) is 0 Å². The zero-order valence-corrected chi connectivity index (χ0v) is 14.1. The Hall–Kier alpha value is -1.49. The predicted octanol–water partition coefficient (Wildman–Crippen LogP) is 2.97. The van der Waals surface area contributed by atoms with Crippen LogP contribution in [0.5, 0.6) is 0 Å². The number of ether oxygens (including phenoxy) is 1. The van der Waals surface area contributed by atoms with E-state index in [2.05, 4.69) is 5.32 Å². The topological polar surface area (TPSA) is 55.4 Å². The molecule has 0 radical (unpaired) electrons. The number of amides is 1. The van der Waals surface area contributed by atoms with Crippen LogP contribution in [0.2, 0.25) is 0 Å². The molecule has 1 aliphatic heterocycles. The van der Waals surface area contributed by atoms with Crippen molar-refractivity contribution >= 4 is 23.6 Å². The van der Waals surface area contributed by atoms with Crippen LogP contribution < -0.4 is 5.32 Å². The summed E-state index contributed by atoms with van der Waals surface area (Å²) in [5, 5.41) is 3.02. The molecule has 118 valence electrons. The minimum atomic E-state index is -0.481. The molecule has 5 heteroatoms. The molecular formula is C17H21NO3S. The summed E-state index contributed by atoms with van der Waals surface area (Å²) in [5.74, 6) is -0.318. The third kappa shape index (κ3) is 2.62. The van der Waals surface area contributed by atoms with E-state index in [4.69, 9.17) is 4.74 Å². The Kier molecular flexibility index (Phi) is 3.71. The van der Waals surface area contributed by atoms with Crippen molar-refractivity contribution < 1.29 is 14.3 Å². The lowest BCUT2D eigenvalue weighted by Crippen LogP contribution is -2.57. The number of carbonyl (C=O) groups excluding carboxylic acids is 2. The summed E-state index contributed by atoms with van der Waals surface area (Å²) < 4.78 is 5.52. The van der Waals surface area contributed by atoms with E-state index in [9.17, 15) is 9.59 Å². The first kappa shape index (κ1) is 15.4. The van der Waals surface area contributed by atoms with Crippen LogP contribution in [0, 0.1) is 5.92 Å². The van der Waals surface area contributed by atoms with E-state index in [0.717, 1.165) is 10.5 Å². The number of rotatable bonds is 2. The smallest absolute Gasteiger partial charge is 0.310 e. The second-order valence-corrected chi connectivity index (χ2v) is 7.81. The molecule has 1 aromatic rings. The van der Waals surface area contributed by atoms with Crippen molar-refractivity contribution in [2.75, 3.05) is 6.26 Å². The van der Waals surface area contributed by atoms with Gasteiger partial charge in [0.15, 0.2) is 0 Å². The summed E-state index contributed by atoms with van der Waals surface area (Å²) >= 11 is 1.61. The zero-order valence-electron chi connectivity index (χ0n) is 13.3. The fraction of sp³-hybridized carbons (Fsp3) is 0.529. The minimum Gasteiger partial charge on any atom is -0.460 e. The van der Waals surface area contributed by atoms with Gasteiger partial charge >= 0.3 is 5.97 Å². The van der Waals surface area contributed by atoms with E-state index in [0.29, 0.717) is 12.0 Å². The lowest BCUT2D eigenvalue weighted by Gasteiger charge is -2.47. The lowest BCUT2D eigenvalue weighted by atomic mass is 9.63. The molecule has 3 atom stereocenters. The molecule has 0 spiro atoms. The largest absolute Gasteiger partial charge is 0.460 e. The number of nitrogens with one attached hydrogen (secondary N) is 1. The van der Waals surface area contributed by atoms with E-state index in [1.54, 1.807) is 11.8 Å². The first-order chi connectivity index (χ1) is 10.3.